The molecule has 0 aromatic carbocycles. The van der Waals surface area contributed by atoms with E-state index in [-0.39, 0.29) is 0 Å². The number of hydrogen-bond donors (Lipinski definition) is 2. The van der Waals surface area contributed by atoms with Gasteiger partial charge in [-0.2, -0.15) is 0 Å². The van der Waals surface area contributed by atoms with Crippen LogP contribution in [-0.2, 0) is 4.74 Å². The summed E-state index contributed by atoms with van der Waals surface area (Å²) in [5, 5.41) is 0. The SMILES string of the molecule is COCC(NN)C1C2CCCC21. The maximum absolute atomic E-state index is 5.47. The monoisotopic (exact) mass is 170 g/mol. The average molecular weight is 170 g/mol. The summed E-state index contributed by atoms with van der Waals surface area (Å²) in [4.78, 5) is 0. The molecule has 0 aliphatic heterocycles. The number of hydrogen-bond acceptors (Lipinski definition) is 3. The van der Waals surface area contributed by atoms with Crippen LogP contribution in [-0.4, -0.2) is 19.8 Å². The molecule has 0 radical (unpaired) electrons. The lowest BCUT2D eigenvalue weighted by atomic mass is 10.1. The molecule has 2 aliphatic carbocycles. The lowest BCUT2D eigenvalue weighted by molar-refractivity contribution is 0.151. The van der Waals surface area contributed by atoms with Crippen molar-refractivity contribution < 1.29 is 4.74 Å². The van der Waals surface area contributed by atoms with Gasteiger partial charge in [0.25, 0.3) is 0 Å². The zero-order chi connectivity index (χ0) is 8.55. The summed E-state index contributed by atoms with van der Waals surface area (Å²) < 4.78 is 5.12. The van der Waals surface area contributed by atoms with E-state index in [0.29, 0.717) is 6.04 Å². The molecule has 70 valence electrons. The van der Waals surface area contributed by atoms with Gasteiger partial charge in [0.05, 0.1) is 6.61 Å². The van der Waals surface area contributed by atoms with Gasteiger partial charge < -0.3 is 4.74 Å². The molecule has 0 saturated heterocycles. The van der Waals surface area contributed by atoms with Crippen molar-refractivity contribution in [2.24, 2.45) is 23.6 Å². The summed E-state index contributed by atoms with van der Waals surface area (Å²) in [7, 11) is 1.74. The first-order chi connectivity index (χ1) is 5.88. The predicted octanol–water partition coefficient (Wildman–Crippen LogP) is 0.511. The molecule has 3 N–H and O–H groups in total. The van der Waals surface area contributed by atoms with Crippen LogP contribution in [0.5, 0.6) is 0 Å². The first kappa shape index (κ1) is 8.48. The van der Waals surface area contributed by atoms with Gasteiger partial charge in [-0.3, -0.25) is 11.3 Å². The lowest BCUT2D eigenvalue weighted by Crippen LogP contribution is -2.41. The van der Waals surface area contributed by atoms with Gasteiger partial charge in [0.15, 0.2) is 0 Å². The Kier molecular flexibility index (Phi) is 2.35. The number of nitrogens with two attached hydrogens (primary N) is 1. The summed E-state index contributed by atoms with van der Waals surface area (Å²) in [5.74, 6) is 8.20. The minimum atomic E-state index is 0.394. The van der Waals surface area contributed by atoms with Crippen LogP contribution in [0.15, 0.2) is 0 Å². The Morgan fingerprint density at radius 3 is 2.67 bits per heavy atom. The largest absolute Gasteiger partial charge is 0.383 e. The van der Waals surface area contributed by atoms with Gasteiger partial charge in [-0.1, -0.05) is 6.42 Å². The molecule has 0 amide bonds. The molecular weight excluding hydrogens is 152 g/mol. The van der Waals surface area contributed by atoms with Gasteiger partial charge in [0.2, 0.25) is 0 Å². The van der Waals surface area contributed by atoms with Gasteiger partial charge in [0.1, 0.15) is 0 Å². The normalized spacial score (nSPS) is 41.0. The third-order valence-corrected chi connectivity index (χ3v) is 3.50. The molecule has 12 heavy (non-hydrogen) atoms. The first-order valence-corrected chi connectivity index (χ1v) is 4.83. The molecule has 0 aromatic rings. The number of ether oxygens (including phenoxy) is 1. The summed E-state index contributed by atoms with van der Waals surface area (Å²) in [5.41, 5.74) is 2.87. The number of fused-ring (bicyclic) bond motifs is 1. The highest BCUT2D eigenvalue weighted by molar-refractivity contribution is 5.05. The van der Waals surface area contributed by atoms with Gasteiger partial charge in [-0.15, -0.1) is 0 Å². The predicted molar refractivity (Wildman–Crippen MR) is 47.3 cm³/mol. The van der Waals surface area contributed by atoms with E-state index in [9.17, 15) is 0 Å². The Morgan fingerprint density at radius 2 is 2.17 bits per heavy atom. The highest BCUT2D eigenvalue weighted by atomic mass is 16.5. The third kappa shape index (κ3) is 1.26. The van der Waals surface area contributed by atoms with Crippen molar-refractivity contribution in [1.82, 2.24) is 5.43 Å². The Labute approximate surface area is 73.6 Å². The highest BCUT2D eigenvalue weighted by Gasteiger charge is 2.55. The van der Waals surface area contributed by atoms with E-state index in [1.807, 2.05) is 0 Å². The zero-order valence-corrected chi connectivity index (χ0v) is 7.62. The molecule has 0 heterocycles. The van der Waals surface area contributed by atoms with Crippen LogP contribution in [0.1, 0.15) is 19.3 Å². The molecule has 2 fully saturated rings. The summed E-state index contributed by atoms with van der Waals surface area (Å²) in [6.07, 6.45) is 4.25. The van der Waals surface area contributed by atoms with Crippen molar-refractivity contribution in [3.05, 3.63) is 0 Å². The van der Waals surface area contributed by atoms with Crippen molar-refractivity contribution in [2.45, 2.75) is 25.3 Å². The standard InChI is InChI=1S/C9H18N2O/c1-12-5-8(11-10)9-6-3-2-4-7(6)9/h6-9,11H,2-5,10H2,1H3. The van der Waals surface area contributed by atoms with E-state index in [0.717, 1.165) is 24.4 Å². The average Bonchev–Trinajstić information content (AvgIpc) is 2.59. The topological polar surface area (TPSA) is 47.3 Å². The summed E-state index contributed by atoms with van der Waals surface area (Å²) >= 11 is 0. The minimum Gasteiger partial charge on any atom is -0.383 e. The smallest absolute Gasteiger partial charge is 0.0632 e. The van der Waals surface area contributed by atoms with E-state index in [1.54, 1.807) is 7.11 Å². The van der Waals surface area contributed by atoms with Crippen LogP contribution < -0.4 is 11.3 Å². The van der Waals surface area contributed by atoms with Gasteiger partial charge >= 0.3 is 0 Å². The lowest BCUT2D eigenvalue weighted by Gasteiger charge is -2.16. The molecule has 2 rings (SSSR count). The van der Waals surface area contributed by atoms with Crippen LogP contribution in [0.3, 0.4) is 0 Å². The van der Waals surface area contributed by atoms with Gasteiger partial charge in [0, 0.05) is 13.2 Å². The number of rotatable bonds is 4. The van der Waals surface area contributed by atoms with Crippen LogP contribution >= 0.6 is 0 Å². The molecule has 3 heteroatoms. The fraction of sp³-hybridized carbons (Fsp3) is 1.00. The van der Waals surface area contributed by atoms with E-state index < -0.39 is 0 Å². The molecular formula is C9H18N2O. The van der Waals surface area contributed by atoms with Crippen molar-refractivity contribution in [2.75, 3.05) is 13.7 Å². The fourth-order valence-electron chi connectivity index (χ4n) is 2.92. The second kappa shape index (κ2) is 3.32. The molecule has 2 saturated carbocycles. The Balaban J connectivity index is 1.84. The molecule has 0 spiro atoms. The third-order valence-electron chi connectivity index (χ3n) is 3.50. The maximum Gasteiger partial charge on any atom is 0.0632 e. The first-order valence-electron chi connectivity index (χ1n) is 4.83. The summed E-state index contributed by atoms with van der Waals surface area (Å²) in [6, 6.07) is 0.394. The van der Waals surface area contributed by atoms with Crippen molar-refractivity contribution in [1.29, 1.82) is 0 Å². The molecule has 3 atom stereocenters. The number of hydrazine groups is 1. The second-order valence-corrected chi connectivity index (χ2v) is 4.06. The molecule has 0 bridgehead atoms. The van der Waals surface area contributed by atoms with E-state index in [2.05, 4.69) is 5.43 Å². The summed E-state index contributed by atoms with van der Waals surface area (Å²) in [6.45, 7) is 0.758. The quantitative estimate of drug-likeness (QED) is 0.477. The molecule has 0 aromatic heterocycles. The van der Waals surface area contributed by atoms with Crippen LogP contribution in [0.2, 0.25) is 0 Å². The zero-order valence-electron chi connectivity index (χ0n) is 7.62. The van der Waals surface area contributed by atoms with Gasteiger partial charge in [-0.25, -0.2) is 0 Å². The number of nitrogens with one attached hydrogen (secondary N) is 1. The number of methoxy groups -OCH3 is 1. The Bertz CT molecular complexity index is 153. The maximum atomic E-state index is 5.47. The minimum absolute atomic E-state index is 0.394. The van der Waals surface area contributed by atoms with Crippen molar-refractivity contribution in [3.8, 4) is 0 Å². The molecule has 3 unspecified atom stereocenters. The van der Waals surface area contributed by atoms with Crippen LogP contribution in [0, 0.1) is 17.8 Å². The molecule has 2 aliphatic rings. The highest BCUT2D eigenvalue weighted by Crippen LogP contribution is 2.58. The molecule has 3 nitrogen and oxygen atoms in total. The van der Waals surface area contributed by atoms with Gasteiger partial charge in [-0.05, 0) is 30.6 Å². The van der Waals surface area contributed by atoms with Crippen LogP contribution in [0.4, 0.5) is 0 Å². The second-order valence-electron chi connectivity index (χ2n) is 4.06. The van der Waals surface area contributed by atoms with E-state index >= 15 is 0 Å². The van der Waals surface area contributed by atoms with E-state index in [4.69, 9.17) is 10.6 Å². The Morgan fingerprint density at radius 1 is 1.50 bits per heavy atom. The fourth-order valence-corrected chi connectivity index (χ4v) is 2.92. The van der Waals surface area contributed by atoms with E-state index in [1.165, 1.54) is 19.3 Å². The van der Waals surface area contributed by atoms with Crippen molar-refractivity contribution in [3.63, 3.8) is 0 Å². The van der Waals surface area contributed by atoms with Crippen LogP contribution in [0.25, 0.3) is 0 Å². The van der Waals surface area contributed by atoms with Crippen molar-refractivity contribution >= 4 is 0 Å². The Hall–Kier alpha value is -0.120.